The Hall–Kier alpha value is -0.150. The molecule has 0 saturated carbocycles. The Kier molecular flexibility index (Phi) is 1.03. The van der Waals surface area contributed by atoms with Crippen LogP contribution in [0.4, 0.5) is 0 Å². The second kappa shape index (κ2) is 1.53. The molecular formula is C3H3NS2. The molecule has 0 atom stereocenters. The molecule has 1 nitrogen and oxygen atoms in total. The topological polar surface area (TPSA) is 3.88 Å². The molecule has 6 heavy (non-hydrogen) atoms. The monoisotopic (exact) mass is 117 g/mol. The van der Waals surface area contributed by atoms with Crippen molar-refractivity contribution in [3.05, 3.63) is 17.1 Å². The molecule has 0 aromatic carbocycles. The number of hydrogen-bond acceptors (Lipinski definition) is 2. The summed E-state index contributed by atoms with van der Waals surface area (Å²) in [6.45, 7) is 0. The van der Waals surface area contributed by atoms with E-state index < -0.39 is 0 Å². The number of thiazole rings is 1. The van der Waals surface area contributed by atoms with Crippen molar-refractivity contribution in [3.8, 4) is 0 Å². The van der Waals surface area contributed by atoms with Crippen LogP contribution < -0.4 is 3.97 Å². The van der Waals surface area contributed by atoms with Gasteiger partial charge in [-0.25, -0.2) is 0 Å². The zero-order valence-electron chi connectivity index (χ0n) is 3.00. The molecule has 0 fully saturated rings. The summed E-state index contributed by atoms with van der Waals surface area (Å²) in [7, 11) is 0. The van der Waals surface area contributed by atoms with E-state index in [2.05, 4.69) is 12.8 Å². The molecule has 1 aromatic heterocycles. The van der Waals surface area contributed by atoms with E-state index in [-0.39, 0.29) is 0 Å². The Morgan fingerprint density at radius 3 is 2.67 bits per heavy atom. The first kappa shape index (κ1) is 4.02. The van der Waals surface area contributed by atoms with Gasteiger partial charge in [-0.15, -0.1) is 0 Å². The molecule has 1 aromatic rings. The lowest BCUT2D eigenvalue weighted by atomic mass is 11.0. The number of rotatable bonds is 0. The Balaban J connectivity index is 3.05. The van der Waals surface area contributed by atoms with Crippen molar-refractivity contribution in [2.75, 3.05) is 0 Å². The molecule has 0 amide bonds. The van der Waals surface area contributed by atoms with Crippen LogP contribution in [0.3, 0.4) is 0 Å². The molecule has 0 radical (unpaired) electrons. The molecule has 0 bridgehead atoms. The van der Waals surface area contributed by atoms with E-state index in [0.29, 0.717) is 0 Å². The van der Waals surface area contributed by atoms with Crippen molar-refractivity contribution in [2.24, 2.45) is 0 Å². The highest BCUT2D eigenvalue weighted by atomic mass is 32.1. The van der Waals surface area contributed by atoms with Gasteiger partial charge in [-0.3, -0.25) is 3.97 Å². The fourth-order valence-electron chi connectivity index (χ4n) is 0.225. The molecular weight excluding hydrogens is 114 g/mol. The SMILES string of the molecule is [S-][n+]1ccsc1. The Morgan fingerprint density at radius 2 is 2.50 bits per heavy atom. The Bertz CT molecular complexity index is 112. The minimum Gasteiger partial charge on any atom is -0.426 e. The van der Waals surface area contributed by atoms with Gasteiger partial charge < -0.3 is 12.8 Å². The van der Waals surface area contributed by atoms with Crippen molar-refractivity contribution >= 4 is 24.2 Å². The predicted molar refractivity (Wildman–Crippen MR) is 27.3 cm³/mol. The van der Waals surface area contributed by atoms with Crippen LogP contribution in [-0.2, 0) is 12.8 Å². The van der Waals surface area contributed by atoms with Crippen molar-refractivity contribution < 1.29 is 3.97 Å². The maximum absolute atomic E-state index is 4.67. The first-order valence-corrected chi connectivity index (χ1v) is 2.81. The average molecular weight is 117 g/mol. The van der Waals surface area contributed by atoms with E-state index >= 15 is 0 Å². The summed E-state index contributed by atoms with van der Waals surface area (Å²) in [5.41, 5.74) is 1.86. The van der Waals surface area contributed by atoms with Crippen LogP contribution in [0.5, 0.6) is 0 Å². The van der Waals surface area contributed by atoms with E-state index in [1.54, 1.807) is 15.3 Å². The lowest BCUT2D eigenvalue weighted by Crippen LogP contribution is -2.19. The normalized spacial score (nSPS) is 8.67. The quantitative estimate of drug-likeness (QED) is 0.350. The van der Waals surface area contributed by atoms with Crippen molar-refractivity contribution in [1.82, 2.24) is 0 Å². The van der Waals surface area contributed by atoms with E-state index in [4.69, 9.17) is 0 Å². The van der Waals surface area contributed by atoms with E-state index in [9.17, 15) is 0 Å². The summed E-state index contributed by atoms with van der Waals surface area (Å²) in [5.74, 6) is 0. The zero-order chi connectivity index (χ0) is 4.41. The first-order chi connectivity index (χ1) is 2.89. The van der Waals surface area contributed by atoms with Crippen molar-refractivity contribution in [1.29, 1.82) is 0 Å². The number of hydrogen-bond donors (Lipinski definition) is 0. The van der Waals surface area contributed by atoms with Crippen LogP contribution in [0.1, 0.15) is 0 Å². The average Bonchev–Trinajstić information content (AvgIpc) is 1.86. The first-order valence-electron chi connectivity index (χ1n) is 1.50. The zero-order valence-corrected chi connectivity index (χ0v) is 4.63. The van der Waals surface area contributed by atoms with Crippen molar-refractivity contribution in [3.63, 3.8) is 0 Å². The third kappa shape index (κ3) is 0.666. The van der Waals surface area contributed by atoms with Gasteiger partial charge in [0, 0.05) is 0 Å². The summed E-state index contributed by atoms with van der Waals surface area (Å²) in [6, 6.07) is 0. The lowest BCUT2D eigenvalue weighted by Gasteiger charge is -1.80. The van der Waals surface area contributed by atoms with E-state index in [0.717, 1.165) is 0 Å². The summed E-state index contributed by atoms with van der Waals surface area (Å²) < 4.78 is 1.60. The maximum atomic E-state index is 4.67. The largest absolute Gasteiger partial charge is 0.426 e. The summed E-state index contributed by atoms with van der Waals surface area (Å²) in [4.78, 5) is 0. The van der Waals surface area contributed by atoms with Gasteiger partial charge in [-0.2, -0.15) is 0 Å². The highest BCUT2D eigenvalue weighted by Crippen LogP contribution is 1.83. The van der Waals surface area contributed by atoms with Crippen LogP contribution in [0.15, 0.2) is 17.1 Å². The molecule has 1 rings (SSSR count). The smallest absolute Gasteiger partial charge is 0.209 e. The van der Waals surface area contributed by atoms with Gasteiger partial charge in [0.15, 0.2) is 6.20 Å². The Labute approximate surface area is 45.8 Å². The van der Waals surface area contributed by atoms with Crippen LogP contribution in [0.25, 0.3) is 0 Å². The second-order valence-corrected chi connectivity index (χ2v) is 2.06. The summed E-state index contributed by atoms with van der Waals surface area (Å²) >= 11 is 6.27. The molecule has 1 heterocycles. The standard InChI is InChI=1S/C3H3NS2/c5-4-1-2-6-3-4/h1-3H. The van der Waals surface area contributed by atoms with Gasteiger partial charge in [-0.1, -0.05) is 11.3 Å². The summed E-state index contributed by atoms with van der Waals surface area (Å²) in [6.07, 6.45) is 1.83. The van der Waals surface area contributed by atoms with Gasteiger partial charge in [0.25, 0.3) is 0 Å². The molecule has 0 spiro atoms. The van der Waals surface area contributed by atoms with Gasteiger partial charge in [0.2, 0.25) is 5.51 Å². The molecule has 0 saturated heterocycles. The predicted octanol–water partition coefficient (Wildman–Crippen LogP) is 0.346. The van der Waals surface area contributed by atoms with Gasteiger partial charge in [0.05, 0.1) is 5.38 Å². The minimum atomic E-state index is 1.60. The maximum Gasteiger partial charge on any atom is 0.209 e. The molecule has 3 heteroatoms. The third-order valence-electron chi connectivity index (χ3n) is 0.451. The second-order valence-electron chi connectivity index (χ2n) is 0.887. The summed E-state index contributed by atoms with van der Waals surface area (Å²) in [5, 5.41) is 1.94. The fourth-order valence-corrected chi connectivity index (χ4v) is 0.974. The van der Waals surface area contributed by atoms with Crippen LogP contribution >= 0.6 is 11.3 Å². The van der Waals surface area contributed by atoms with Crippen LogP contribution in [0.2, 0.25) is 0 Å². The van der Waals surface area contributed by atoms with Crippen LogP contribution in [0, 0.1) is 0 Å². The minimum absolute atomic E-state index is 1.60. The molecule has 0 unspecified atom stereocenters. The highest BCUT2D eigenvalue weighted by Gasteiger charge is 1.75. The lowest BCUT2D eigenvalue weighted by molar-refractivity contribution is -0.486. The van der Waals surface area contributed by atoms with Gasteiger partial charge in [0.1, 0.15) is 0 Å². The molecule has 0 aliphatic carbocycles. The molecule has 32 valence electrons. The van der Waals surface area contributed by atoms with E-state index in [1.165, 1.54) is 0 Å². The van der Waals surface area contributed by atoms with Crippen LogP contribution in [-0.4, -0.2) is 0 Å². The van der Waals surface area contributed by atoms with Crippen molar-refractivity contribution in [2.45, 2.75) is 0 Å². The highest BCUT2D eigenvalue weighted by molar-refractivity contribution is 7.51. The third-order valence-corrected chi connectivity index (χ3v) is 1.44. The number of aromatic nitrogens is 1. The molecule has 0 aliphatic heterocycles. The molecule has 0 aliphatic rings. The van der Waals surface area contributed by atoms with E-state index in [1.807, 2.05) is 17.1 Å². The Morgan fingerprint density at radius 1 is 1.67 bits per heavy atom. The number of nitrogens with zero attached hydrogens (tertiary/aromatic N) is 1. The van der Waals surface area contributed by atoms with Gasteiger partial charge >= 0.3 is 0 Å². The molecule has 0 N–H and O–H groups in total. The van der Waals surface area contributed by atoms with Gasteiger partial charge in [-0.05, 0) is 0 Å². The fraction of sp³-hybridized carbons (Fsp3) is 0.